The third kappa shape index (κ3) is 1.73. The minimum Gasteiger partial charge on any atom is -0.0879 e. The monoisotopic (exact) mass is 266 g/mol. The molecule has 0 bridgehead atoms. The van der Waals surface area contributed by atoms with Gasteiger partial charge >= 0.3 is 0 Å². The van der Waals surface area contributed by atoms with Crippen LogP contribution in [0.25, 0.3) is 0 Å². The van der Waals surface area contributed by atoms with E-state index in [9.17, 15) is 0 Å². The summed E-state index contributed by atoms with van der Waals surface area (Å²) in [5.74, 6) is 0. The van der Waals surface area contributed by atoms with Crippen LogP contribution < -0.4 is 0 Å². The van der Waals surface area contributed by atoms with Crippen LogP contribution in [0.1, 0.15) is 11.1 Å². The predicted octanol–water partition coefficient (Wildman–Crippen LogP) is 5.05. The number of halogens is 2. The zero-order valence-corrected chi connectivity index (χ0v) is 10.7. The molecule has 2 aromatic rings. The van der Waals surface area contributed by atoms with Crippen LogP contribution in [0.2, 0.25) is 10.0 Å². The van der Waals surface area contributed by atoms with E-state index >= 15 is 0 Å². The molecule has 1 heterocycles. The van der Waals surface area contributed by atoms with Crippen molar-refractivity contribution in [2.45, 2.75) is 16.2 Å². The molecule has 0 amide bonds. The van der Waals surface area contributed by atoms with Crippen LogP contribution in [0, 0.1) is 0 Å². The van der Waals surface area contributed by atoms with Gasteiger partial charge in [0, 0.05) is 14.8 Å². The van der Waals surface area contributed by atoms with Crippen LogP contribution >= 0.6 is 35.0 Å². The average molecular weight is 267 g/mol. The molecule has 3 rings (SSSR count). The fourth-order valence-electron chi connectivity index (χ4n) is 1.92. The number of rotatable bonds is 0. The Kier molecular flexibility index (Phi) is 2.62. The largest absolute Gasteiger partial charge is 0.0879 e. The van der Waals surface area contributed by atoms with Crippen molar-refractivity contribution >= 4 is 35.0 Å². The summed E-state index contributed by atoms with van der Waals surface area (Å²) < 4.78 is 0. The first-order valence-corrected chi connectivity index (χ1v) is 6.55. The molecule has 2 aromatic carbocycles. The Bertz CT molecular complexity index is 564. The van der Waals surface area contributed by atoms with Gasteiger partial charge in [-0.05, 0) is 35.7 Å². The molecule has 0 fully saturated rings. The third-order valence-electron chi connectivity index (χ3n) is 2.65. The van der Waals surface area contributed by atoms with Crippen LogP contribution in [0.5, 0.6) is 0 Å². The van der Waals surface area contributed by atoms with Crippen molar-refractivity contribution in [2.24, 2.45) is 0 Å². The standard InChI is InChI=1S/C13H8Cl2S/c14-10-6-9-5-8-3-1-2-4-12(8)16-13(9)11(15)7-10/h1-4,6-7H,5H2. The minimum atomic E-state index is 0.712. The van der Waals surface area contributed by atoms with E-state index in [-0.39, 0.29) is 0 Å². The quantitative estimate of drug-likeness (QED) is 0.549. The fourth-order valence-corrected chi connectivity index (χ4v) is 3.63. The van der Waals surface area contributed by atoms with Gasteiger partial charge in [0.1, 0.15) is 0 Å². The van der Waals surface area contributed by atoms with Crippen LogP contribution in [-0.2, 0) is 6.42 Å². The maximum Gasteiger partial charge on any atom is 0.0563 e. The highest BCUT2D eigenvalue weighted by Crippen LogP contribution is 2.44. The molecule has 0 aliphatic carbocycles. The fraction of sp³-hybridized carbons (Fsp3) is 0.0769. The summed E-state index contributed by atoms with van der Waals surface area (Å²) in [6.45, 7) is 0. The number of benzene rings is 2. The van der Waals surface area contributed by atoms with Gasteiger partial charge in [0.15, 0.2) is 0 Å². The van der Waals surface area contributed by atoms with Crippen molar-refractivity contribution in [1.29, 1.82) is 0 Å². The van der Waals surface area contributed by atoms with E-state index in [0.717, 1.165) is 16.3 Å². The van der Waals surface area contributed by atoms with E-state index in [1.807, 2.05) is 12.1 Å². The lowest BCUT2D eigenvalue weighted by Gasteiger charge is -2.19. The highest BCUT2D eigenvalue weighted by atomic mass is 35.5. The summed E-state index contributed by atoms with van der Waals surface area (Å²) >= 11 is 14.0. The summed E-state index contributed by atoms with van der Waals surface area (Å²) in [5.41, 5.74) is 2.57. The highest BCUT2D eigenvalue weighted by molar-refractivity contribution is 7.99. The lowest BCUT2D eigenvalue weighted by atomic mass is 10.0. The second-order valence-electron chi connectivity index (χ2n) is 3.76. The van der Waals surface area contributed by atoms with Crippen LogP contribution in [0.3, 0.4) is 0 Å². The molecule has 0 unspecified atom stereocenters. The average Bonchev–Trinajstić information content (AvgIpc) is 2.27. The van der Waals surface area contributed by atoms with Gasteiger partial charge in [-0.25, -0.2) is 0 Å². The molecule has 0 atom stereocenters. The molecule has 3 heteroatoms. The number of fused-ring (bicyclic) bond motifs is 2. The van der Waals surface area contributed by atoms with Crippen molar-refractivity contribution in [1.82, 2.24) is 0 Å². The Hall–Kier alpha value is -0.630. The van der Waals surface area contributed by atoms with Crippen LogP contribution in [0.4, 0.5) is 0 Å². The molecule has 0 nitrogen and oxygen atoms in total. The van der Waals surface area contributed by atoms with Crippen LogP contribution in [-0.4, -0.2) is 0 Å². The van der Waals surface area contributed by atoms with E-state index in [2.05, 4.69) is 24.3 Å². The lowest BCUT2D eigenvalue weighted by molar-refractivity contribution is 1.06. The second-order valence-corrected chi connectivity index (χ2v) is 5.66. The minimum absolute atomic E-state index is 0.712. The van der Waals surface area contributed by atoms with E-state index in [1.54, 1.807) is 11.8 Å². The molecular weight excluding hydrogens is 259 g/mol. The molecule has 16 heavy (non-hydrogen) atoms. The van der Waals surface area contributed by atoms with Crippen molar-refractivity contribution < 1.29 is 0 Å². The number of hydrogen-bond donors (Lipinski definition) is 0. The summed E-state index contributed by atoms with van der Waals surface area (Å²) in [6.07, 6.45) is 0.915. The first-order chi connectivity index (χ1) is 7.74. The molecule has 1 aliphatic rings. The molecule has 80 valence electrons. The zero-order valence-electron chi connectivity index (χ0n) is 8.34. The normalized spacial score (nSPS) is 13.1. The summed E-state index contributed by atoms with van der Waals surface area (Å²) in [5, 5.41) is 1.46. The van der Waals surface area contributed by atoms with Crippen molar-refractivity contribution in [3.8, 4) is 0 Å². The smallest absolute Gasteiger partial charge is 0.0563 e. The van der Waals surface area contributed by atoms with E-state index < -0.39 is 0 Å². The van der Waals surface area contributed by atoms with Gasteiger partial charge in [0.2, 0.25) is 0 Å². The first-order valence-electron chi connectivity index (χ1n) is 4.98. The van der Waals surface area contributed by atoms with Crippen molar-refractivity contribution in [3.05, 3.63) is 57.6 Å². The third-order valence-corrected chi connectivity index (χ3v) is 4.58. The second kappa shape index (κ2) is 3.99. The predicted molar refractivity (Wildman–Crippen MR) is 69.8 cm³/mol. The Labute approximate surface area is 109 Å². The number of hydrogen-bond acceptors (Lipinski definition) is 1. The molecule has 0 radical (unpaired) electrons. The van der Waals surface area contributed by atoms with Gasteiger partial charge in [0.25, 0.3) is 0 Å². The van der Waals surface area contributed by atoms with Gasteiger partial charge in [-0.2, -0.15) is 0 Å². The van der Waals surface area contributed by atoms with Crippen molar-refractivity contribution in [3.63, 3.8) is 0 Å². The van der Waals surface area contributed by atoms with Gasteiger partial charge < -0.3 is 0 Å². The summed E-state index contributed by atoms with van der Waals surface area (Å²) in [7, 11) is 0. The Morgan fingerprint density at radius 2 is 1.81 bits per heavy atom. The summed E-state index contributed by atoms with van der Waals surface area (Å²) in [6, 6.07) is 12.2. The lowest BCUT2D eigenvalue weighted by Crippen LogP contribution is -1.99. The van der Waals surface area contributed by atoms with E-state index in [4.69, 9.17) is 23.2 Å². The van der Waals surface area contributed by atoms with E-state index in [1.165, 1.54) is 16.0 Å². The highest BCUT2D eigenvalue weighted by Gasteiger charge is 2.18. The molecule has 0 aromatic heterocycles. The van der Waals surface area contributed by atoms with Crippen molar-refractivity contribution in [2.75, 3.05) is 0 Å². The van der Waals surface area contributed by atoms with Gasteiger partial charge in [-0.3, -0.25) is 0 Å². The Balaban J connectivity index is 2.15. The molecule has 0 saturated heterocycles. The Morgan fingerprint density at radius 1 is 1.00 bits per heavy atom. The Morgan fingerprint density at radius 3 is 2.69 bits per heavy atom. The zero-order chi connectivity index (χ0) is 11.1. The molecule has 0 saturated carbocycles. The molecular formula is C13H8Cl2S. The SMILES string of the molecule is Clc1cc(Cl)c2c(c1)Cc1ccccc1S2. The van der Waals surface area contributed by atoms with Crippen LogP contribution in [0.15, 0.2) is 46.2 Å². The maximum absolute atomic E-state index is 6.21. The van der Waals surface area contributed by atoms with Gasteiger partial charge in [0.05, 0.1) is 5.02 Å². The van der Waals surface area contributed by atoms with Gasteiger partial charge in [-0.1, -0.05) is 53.2 Å². The summed E-state index contributed by atoms with van der Waals surface area (Å²) in [4.78, 5) is 2.43. The molecule has 1 aliphatic heterocycles. The first kappa shape index (κ1) is 10.5. The van der Waals surface area contributed by atoms with Gasteiger partial charge in [-0.15, -0.1) is 0 Å². The van der Waals surface area contributed by atoms with E-state index in [0.29, 0.717) is 5.02 Å². The molecule has 0 spiro atoms. The maximum atomic E-state index is 6.21. The topological polar surface area (TPSA) is 0 Å². The molecule has 0 N–H and O–H groups in total.